The maximum absolute atomic E-state index is 14.1. The lowest BCUT2D eigenvalue weighted by Gasteiger charge is -2.33. The minimum atomic E-state index is -1.02. The van der Waals surface area contributed by atoms with Crippen molar-refractivity contribution in [2.24, 2.45) is 0 Å². The number of hydrogen-bond acceptors (Lipinski definition) is 6. The minimum absolute atomic E-state index is 0.0298. The van der Waals surface area contributed by atoms with Gasteiger partial charge in [-0.1, -0.05) is 48.7 Å². The molecule has 1 aromatic heterocycles. The van der Waals surface area contributed by atoms with Crippen LogP contribution in [0.2, 0.25) is 0 Å². The van der Waals surface area contributed by atoms with Crippen LogP contribution in [-0.2, 0) is 16.1 Å². The van der Waals surface area contributed by atoms with Gasteiger partial charge in [-0.2, -0.15) is 0 Å². The molecule has 3 aromatic carbocycles. The topological polar surface area (TPSA) is 117 Å². The van der Waals surface area contributed by atoms with Crippen molar-refractivity contribution in [1.82, 2.24) is 20.3 Å². The maximum Gasteiger partial charge on any atom is 0.249 e. The molecule has 0 unspecified atom stereocenters. The number of ketones is 1. The molecule has 1 saturated carbocycles. The number of fused-ring (bicyclic) bond motifs is 1. The van der Waals surface area contributed by atoms with Crippen molar-refractivity contribution in [3.8, 4) is 5.75 Å². The molecule has 39 heavy (non-hydrogen) atoms. The lowest BCUT2D eigenvalue weighted by atomic mass is 9.94. The average Bonchev–Trinajstić information content (AvgIpc) is 3.35. The van der Waals surface area contributed by atoms with Gasteiger partial charge in [0, 0.05) is 17.3 Å². The van der Waals surface area contributed by atoms with Crippen LogP contribution in [0.25, 0.3) is 11.0 Å². The fourth-order valence-corrected chi connectivity index (χ4v) is 5.13. The van der Waals surface area contributed by atoms with Crippen LogP contribution in [0, 0.1) is 0 Å². The number of para-hydroxylation sites is 1. The maximum atomic E-state index is 14.1. The molecule has 1 atom stereocenters. The van der Waals surface area contributed by atoms with E-state index in [0.717, 1.165) is 32.1 Å². The molecule has 1 aliphatic rings. The number of phenolic OH excluding ortho intramolecular Hbond substituents is 1. The number of carbonyl (C=O) groups excluding carboxylic acids is 3. The van der Waals surface area contributed by atoms with Crippen molar-refractivity contribution in [3.05, 3.63) is 83.9 Å². The largest absolute Gasteiger partial charge is 0.508 e. The van der Waals surface area contributed by atoms with E-state index in [4.69, 9.17) is 0 Å². The van der Waals surface area contributed by atoms with E-state index in [-0.39, 0.29) is 35.9 Å². The lowest BCUT2D eigenvalue weighted by molar-refractivity contribution is -0.127. The van der Waals surface area contributed by atoms with Gasteiger partial charge >= 0.3 is 0 Å². The van der Waals surface area contributed by atoms with E-state index in [9.17, 15) is 19.5 Å². The van der Waals surface area contributed by atoms with Crippen molar-refractivity contribution in [1.29, 1.82) is 0 Å². The Balaban J connectivity index is 1.57. The van der Waals surface area contributed by atoms with Crippen LogP contribution >= 0.6 is 0 Å². The molecule has 0 bridgehead atoms. The summed E-state index contributed by atoms with van der Waals surface area (Å²) >= 11 is 0. The third kappa shape index (κ3) is 5.82. The SMILES string of the molecule is CC(=O)c1ccc(N(C(=O)Cn2nnc3ccccc32)[C@@H](C(=O)NC2CCCCC2)c2ccc(O)cc2)cc1. The van der Waals surface area contributed by atoms with Crippen LogP contribution in [0.3, 0.4) is 0 Å². The van der Waals surface area contributed by atoms with Gasteiger partial charge in [-0.05, 0) is 73.9 Å². The second kappa shape index (κ2) is 11.5. The molecule has 1 aliphatic carbocycles. The number of hydrogen-bond donors (Lipinski definition) is 2. The molecule has 0 saturated heterocycles. The fourth-order valence-electron chi connectivity index (χ4n) is 5.13. The summed E-state index contributed by atoms with van der Waals surface area (Å²) in [5.41, 5.74) is 2.87. The van der Waals surface area contributed by atoms with E-state index in [1.165, 1.54) is 28.6 Å². The van der Waals surface area contributed by atoms with Gasteiger partial charge in [-0.15, -0.1) is 5.10 Å². The van der Waals surface area contributed by atoms with E-state index < -0.39 is 6.04 Å². The summed E-state index contributed by atoms with van der Waals surface area (Å²) < 4.78 is 1.52. The minimum Gasteiger partial charge on any atom is -0.508 e. The Morgan fingerprint density at radius 3 is 2.36 bits per heavy atom. The van der Waals surface area contributed by atoms with E-state index in [1.54, 1.807) is 36.4 Å². The van der Waals surface area contributed by atoms with Crippen LogP contribution in [0.4, 0.5) is 5.69 Å². The van der Waals surface area contributed by atoms with Gasteiger partial charge < -0.3 is 10.4 Å². The Morgan fingerprint density at radius 1 is 0.974 bits per heavy atom. The number of carbonyl (C=O) groups is 3. The van der Waals surface area contributed by atoms with E-state index in [0.29, 0.717) is 27.8 Å². The third-order valence-electron chi connectivity index (χ3n) is 7.19. The molecule has 1 fully saturated rings. The van der Waals surface area contributed by atoms with Gasteiger partial charge in [0.15, 0.2) is 5.78 Å². The highest BCUT2D eigenvalue weighted by Gasteiger charge is 2.34. The lowest BCUT2D eigenvalue weighted by Crippen LogP contribution is -2.48. The van der Waals surface area contributed by atoms with Crippen molar-refractivity contribution < 1.29 is 19.5 Å². The van der Waals surface area contributed by atoms with E-state index >= 15 is 0 Å². The van der Waals surface area contributed by atoms with Crippen molar-refractivity contribution in [3.63, 3.8) is 0 Å². The number of nitrogens with zero attached hydrogens (tertiary/aromatic N) is 4. The zero-order valence-corrected chi connectivity index (χ0v) is 21.8. The summed E-state index contributed by atoms with van der Waals surface area (Å²) in [6, 6.07) is 19.3. The van der Waals surface area contributed by atoms with Gasteiger partial charge in [0.2, 0.25) is 11.8 Å². The zero-order chi connectivity index (χ0) is 27.4. The zero-order valence-electron chi connectivity index (χ0n) is 21.8. The fraction of sp³-hybridized carbons (Fsp3) is 0.300. The molecular weight excluding hydrogens is 494 g/mol. The van der Waals surface area contributed by atoms with Gasteiger partial charge in [0.1, 0.15) is 23.9 Å². The molecule has 9 nitrogen and oxygen atoms in total. The molecule has 0 aliphatic heterocycles. The van der Waals surface area contributed by atoms with Gasteiger partial charge in [0.25, 0.3) is 0 Å². The second-order valence-electron chi connectivity index (χ2n) is 9.94. The third-order valence-corrected chi connectivity index (χ3v) is 7.19. The average molecular weight is 526 g/mol. The summed E-state index contributed by atoms with van der Waals surface area (Å²) in [6.07, 6.45) is 5.01. The summed E-state index contributed by atoms with van der Waals surface area (Å²) in [5, 5.41) is 21.4. The molecule has 5 rings (SSSR count). The highest BCUT2D eigenvalue weighted by molar-refractivity contribution is 6.02. The quantitative estimate of drug-likeness (QED) is 0.326. The van der Waals surface area contributed by atoms with E-state index in [2.05, 4.69) is 15.6 Å². The number of aromatic hydroxyl groups is 1. The summed E-state index contributed by atoms with van der Waals surface area (Å²) in [5.74, 6) is -0.722. The monoisotopic (exact) mass is 525 g/mol. The summed E-state index contributed by atoms with van der Waals surface area (Å²) in [7, 11) is 0. The van der Waals surface area contributed by atoms with Crippen molar-refractivity contribution in [2.75, 3.05) is 4.90 Å². The number of aromatic nitrogens is 3. The highest BCUT2D eigenvalue weighted by atomic mass is 16.3. The van der Waals surface area contributed by atoms with Gasteiger partial charge in [-0.25, -0.2) is 4.68 Å². The molecular formula is C30H31N5O4. The molecule has 0 spiro atoms. The second-order valence-corrected chi connectivity index (χ2v) is 9.94. The van der Waals surface area contributed by atoms with Gasteiger partial charge in [-0.3, -0.25) is 19.3 Å². The van der Waals surface area contributed by atoms with Crippen molar-refractivity contribution >= 4 is 34.3 Å². The summed E-state index contributed by atoms with van der Waals surface area (Å²) in [4.78, 5) is 41.4. The molecule has 4 aromatic rings. The number of phenols is 1. The Bertz CT molecular complexity index is 1470. The Kier molecular flexibility index (Phi) is 7.67. The highest BCUT2D eigenvalue weighted by Crippen LogP contribution is 2.31. The first-order valence-corrected chi connectivity index (χ1v) is 13.2. The predicted octanol–water partition coefficient (Wildman–Crippen LogP) is 4.56. The first-order chi connectivity index (χ1) is 18.9. The Labute approximate surface area is 226 Å². The van der Waals surface area contributed by atoms with Crippen LogP contribution in [0.15, 0.2) is 72.8 Å². The number of Topliss-reactive ketones (excluding diaryl/α,β-unsaturated/α-hetero) is 1. The molecule has 200 valence electrons. The normalized spacial score (nSPS) is 14.6. The Hall–Kier alpha value is -4.53. The molecule has 0 radical (unpaired) electrons. The Morgan fingerprint density at radius 2 is 1.67 bits per heavy atom. The van der Waals surface area contributed by atoms with Crippen LogP contribution < -0.4 is 10.2 Å². The number of amides is 2. The first kappa shape index (κ1) is 26.1. The first-order valence-electron chi connectivity index (χ1n) is 13.2. The molecule has 1 heterocycles. The number of anilines is 1. The molecule has 2 N–H and O–H groups in total. The van der Waals surface area contributed by atoms with Crippen LogP contribution in [-0.4, -0.2) is 43.7 Å². The number of benzene rings is 3. The van der Waals surface area contributed by atoms with Crippen LogP contribution in [0.5, 0.6) is 5.75 Å². The smallest absolute Gasteiger partial charge is 0.249 e. The summed E-state index contributed by atoms with van der Waals surface area (Å²) in [6.45, 7) is 1.32. The standard InChI is InChI=1S/C30H31N5O4/c1-20(36)21-11-15-24(16-12-21)35(28(38)19-34-27-10-6-5-9-26(27)32-33-34)29(22-13-17-25(37)18-14-22)30(39)31-23-7-3-2-4-8-23/h5-6,9-18,23,29,37H,2-4,7-8,19H2,1H3,(H,31,39)/t29-/m1/s1. The van der Waals surface area contributed by atoms with Crippen LogP contribution in [0.1, 0.15) is 61.0 Å². The number of nitrogens with one attached hydrogen (secondary N) is 1. The predicted molar refractivity (Wildman–Crippen MR) is 147 cm³/mol. The van der Waals surface area contributed by atoms with Gasteiger partial charge in [0.05, 0.1) is 5.52 Å². The van der Waals surface area contributed by atoms with Crippen molar-refractivity contribution in [2.45, 2.75) is 57.7 Å². The van der Waals surface area contributed by atoms with E-state index in [1.807, 2.05) is 24.3 Å². The molecule has 2 amide bonds. The molecule has 9 heteroatoms. The number of rotatable bonds is 8.